The second kappa shape index (κ2) is 11.5. The largest absolute Gasteiger partial charge is 0.480 e. The Balaban J connectivity index is 0.000000561. The number of nitrogens with zero attached hydrogens (tertiary/aromatic N) is 2. The molecule has 0 saturated carbocycles. The Morgan fingerprint density at radius 2 is 1.33 bits per heavy atom. The molecule has 0 N–H and O–H groups in total. The van der Waals surface area contributed by atoms with Gasteiger partial charge in [-0.3, -0.25) is 4.48 Å². The fourth-order valence-electron chi connectivity index (χ4n) is 2.60. The minimum absolute atomic E-state index is 0.778. The SMILES string of the molecule is CCCCCC[N+]1(CCC)C=CC=CC1.O=S(=O)([N-]S(=O)(=O)C(F)(F)F)C(F)(F)F. The van der Waals surface area contributed by atoms with E-state index in [9.17, 15) is 43.2 Å². The molecule has 1 unspecified atom stereocenters. The second-order valence-electron chi connectivity index (χ2n) is 6.59. The Morgan fingerprint density at radius 3 is 1.70 bits per heavy atom. The quantitative estimate of drug-likeness (QED) is 0.262. The van der Waals surface area contributed by atoms with Gasteiger partial charge in [-0.05, 0) is 31.4 Å². The Hall–Kier alpha value is -1.12. The average Bonchev–Trinajstić information content (AvgIpc) is 2.58. The summed E-state index contributed by atoms with van der Waals surface area (Å²) >= 11 is 0. The van der Waals surface area contributed by atoms with Gasteiger partial charge in [0.25, 0.3) is 0 Å². The number of unbranched alkanes of at least 4 members (excludes halogenated alkanes) is 3. The monoisotopic (exact) mass is 488 g/mol. The third kappa shape index (κ3) is 9.35. The molecule has 0 radical (unpaired) electrons. The van der Waals surface area contributed by atoms with Crippen LogP contribution >= 0.6 is 0 Å². The smallest absolute Gasteiger partial charge is 0.421 e. The molecule has 1 rings (SSSR count). The van der Waals surface area contributed by atoms with E-state index in [2.05, 4.69) is 38.3 Å². The normalized spacial score (nSPS) is 20.0. The van der Waals surface area contributed by atoms with Gasteiger partial charge in [0, 0.05) is 0 Å². The van der Waals surface area contributed by atoms with Gasteiger partial charge in [0.15, 0.2) is 20.0 Å². The first-order valence-electron chi connectivity index (χ1n) is 9.10. The molecule has 0 amide bonds. The first-order chi connectivity index (χ1) is 13.5. The van der Waals surface area contributed by atoms with E-state index < -0.39 is 31.1 Å². The maximum atomic E-state index is 11.4. The molecule has 0 saturated heterocycles. The summed E-state index contributed by atoms with van der Waals surface area (Å²) in [7, 11) is -13.4. The predicted molar refractivity (Wildman–Crippen MR) is 101 cm³/mol. The van der Waals surface area contributed by atoms with E-state index in [4.69, 9.17) is 0 Å². The van der Waals surface area contributed by atoms with E-state index in [-0.39, 0.29) is 0 Å². The molecule has 0 aromatic carbocycles. The van der Waals surface area contributed by atoms with Gasteiger partial charge in [-0.2, -0.15) is 26.3 Å². The Kier molecular flexibility index (Phi) is 11.1. The number of sulfonamides is 2. The van der Waals surface area contributed by atoms with E-state index >= 15 is 0 Å². The second-order valence-corrected chi connectivity index (χ2v) is 10.0. The lowest BCUT2D eigenvalue weighted by atomic mass is 10.1. The number of halogens is 6. The number of allylic oxidation sites excluding steroid dienone is 2. The van der Waals surface area contributed by atoms with E-state index in [1.807, 2.05) is 0 Å². The zero-order chi connectivity index (χ0) is 23.7. The molecule has 1 aliphatic rings. The maximum Gasteiger partial charge on any atom is 0.480 e. The van der Waals surface area contributed by atoms with Crippen molar-refractivity contribution in [2.24, 2.45) is 0 Å². The molecule has 0 aromatic rings. The summed E-state index contributed by atoms with van der Waals surface area (Å²) in [6.45, 7) is 8.40. The lowest BCUT2D eigenvalue weighted by Gasteiger charge is -2.35. The molecule has 1 atom stereocenters. The highest BCUT2D eigenvalue weighted by atomic mass is 32.3. The molecule has 178 valence electrons. The molecule has 1 aliphatic heterocycles. The molecule has 0 aromatic heterocycles. The van der Waals surface area contributed by atoms with Crippen LogP contribution in [-0.2, 0) is 20.0 Å². The van der Waals surface area contributed by atoms with Crippen molar-refractivity contribution < 1.29 is 47.7 Å². The van der Waals surface area contributed by atoms with Gasteiger partial charge in [0.1, 0.15) is 6.54 Å². The van der Waals surface area contributed by atoms with Crippen molar-refractivity contribution in [3.63, 3.8) is 0 Å². The predicted octanol–water partition coefficient (Wildman–Crippen LogP) is 4.94. The van der Waals surface area contributed by atoms with Gasteiger partial charge < -0.3 is 4.13 Å². The summed E-state index contributed by atoms with van der Waals surface area (Å²) in [4.78, 5) is 0. The van der Waals surface area contributed by atoms with Gasteiger partial charge in [-0.15, -0.1) is 0 Å². The van der Waals surface area contributed by atoms with Crippen LogP contribution in [0.3, 0.4) is 0 Å². The minimum Gasteiger partial charge on any atom is -0.421 e. The van der Waals surface area contributed by atoms with Crippen LogP contribution in [0.4, 0.5) is 26.3 Å². The third-order valence-electron chi connectivity index (χ3n) is 4.03. The van der Waals surface area contributed by atoms with Crippen LogP contribution in [0.15, 0.2) is 24.4 Å². The van der Waals surface area contributed by atoms with Crippen LogP contribution in [0.5, 0.6) is 0 Å². The molecule has 0 aliphatic carbocycles. The minimum atomic E-state index is -6.72. The molecule has 0 spiro atoms. The van der Waals surface area contributed by atoms with Crippen LogP contribution in [0.25, 0.3) is 4.13 Å². The van der Waals surface area contributed by atoms with Crippen molar-refractivity contribution >= 4 is 20.0 Å². The first kappa shape index (κ1) is 28.9. The van der Waals surface area contributed by atoms with Crippen LogP contribution in [0.2, 0.25) is 0 Å². The number of hydrogen-bond acceptors (Lipinski definition) is 4. The summed E-state index contributed by atoms with van der Waals surface area (Å²) in [6, 6.07) is 0. The molecular formula is C16H26F6N2O4S2. The third-order valence-corrected chi connectivity index (χ3v) is 6.77. The van der Waals surface area contributed by atoms with Crippen molar-refractivity contribution in [3.05, 3.63) is 28.6 Å². The van der Waals surface area contributed by atoms with Crippen LogP contribution in [-0.4, -0.2) is 52.0 Å². The number of rotatable bonds is 9. The standard InChI is InChI=1S/C14H26N.C2F6NO4S2/c1-3-5-6-8-12-15(11-4-2)13-9-7-10-14-15;3-1(4,5)14(10,11)9-15(12,13)2(6,7)8/h7,9-10,13H,3-6,8,11-12,14H2,1-2H3;/q+1;-1. The topological polar surface area (TPSA) is 82.4 Å². The summed E-state index contributed by atoms with van der Waals surface area (Å²) in [5.74, 6) is 0. The molecule has 0 fully saturated rings. The Morgan fingerprint density at radius 1 is 0.800 bits per heavy atom. The molecular weight excluding hydrogens is 462 g/mol. The van der Waals surface area contributed by atoms with Crippen molar-refractivity contribution in [2.75, 3.05) is 19.6 Å². The van der Waals surface area contributed by atoms with Gasteiger partial charge in [0.05, 0.1) is 19.3 Å². The van der Waals surface area contributed by atoms with Gasteiger partial charge in [-0.25, -0.2) is 16.8 Å². The molecule has 6 nitrogen and oxygen atoms in total. The lowest BCUT2D eigenvalue weighted by molar-refractivity contribution is -0.874. The van der Waals surface area contributed by atoms with Gasteiger partial charge in [-0.1, -0.05) is 32.8 Å². The van der Waals surface area contributed by atoms with E-state index in [0.717, 1.165) is 4.13 Å². The molecule has 30 heavy (non-hydrogen) atoms. The molecule has 14 heteroatoms. The van der Waals surface area contributed by atoms with Crippen LogP contribution < -0.4 is 0 Å². The highest BCUT2D eigenvalue weighted by Gasteiger charge is 2.46. The van der Waals surface area contributed by atoms with E-state index in [0.29, 0.717) is 0 Å². The van der Waals surface area contributed by atoms with Crippen molar-refractivity contribution in [2.45, 2.75) is 57.0 Å². The number of hydrogen-bond donors (Lipinski definition) is 0. The summed E-state index contributed by atoms with van der Waals surface area (Å²) in [6.07, 6.45) is 15.9. The van der Waals surface area contributed by atoms with E-state index in [1.165, 1.54) is 56.2 Å². The highest BCUT2D eigenvalue weighted by molar-refractivity contribution is 8.13. The number of alkyl halides is 6. The maximum absolute atomic E-state index is 11.4. The molecule has 0 bridgehead atoms. The zero-order valence-electron chi connectivity index (χ0n) is 16.6. The fourth-order valence-corrected chi connectivity index (χ4v) is 4.31. The Labute approximate surface area is 173 Å². The average molecular weight is 489 g/mol. The summed E-state index contributed by atoms with van der Waals surface area (Å²) < 4.78 is 110. The van der Waals surface area contributed by atoms with Gasteiger partial charge in [0.2, 0.25) is 0 Å². The van der Waals surface area contributed by atoms with Gasteiger partial charge >= 0.3 is 11.0 Å². The van der Waals surface area contributed by atoms with Crippen molar-refractivity contribution in [1.29, 1.82) is 0 Å². The lowest BCUT2D eigenvalue weighted by Crippen LogP contribution is -2.45. The first-order valence-corrected chi connectivity index (χ1v) is 12.0. The van der Waals surface area contributed by atoms with Crippen LogP contribution in [0.1, 0.15) is 46.0 Å². The summed E-state index contributed by atoms with van der Waals surface area (Å²) in [5, 5.41) is 0. The summed E-state index contributed by atoms with van der Waals surface area (Å²) in [5.41, 5.74) is -12.4. The van der Waals surface area contributed by atoms with E-state index in [1.54, 1.807) is 0 Å². The highest BCUT2D eigenvalue weighted by Crippen LogP contribution is 2.36. The number of quaternary nitrogens is 1. The zero-order valence-corrected chi connectivity index (χ0v) is 18.2. The fraction of sp³-hybridized carbons (Fsp3) is 0.750. The van der Waals surface area contributed by atoms with Crippen molar-refractivity contribution in [3.8, 4) is 0 Å². The van der Waals surface area contributed by atoms with Crippen LogP contribution in [0, 0.1) is 0 Å². The Bertz CT molecular complexity index is 748. The molecule has 1 heterocycles. The van der Waals surface area contributed by atoms with Crippen molar-refractivity contribution in [1.82, 2.24) is 0 Å².